The predicted molar refractivity (Wildman–Crippen MR) is 89.8 cm³/mol. The molecule has 1 atom stereocenters. The Balaban J connectivity index is 2.01. The Hall–Kier alpha value is -1.86. The summed E-state index contributed by atoms with van der Waals surface area (Å²) in [6.45, 7) is 0. The minimum atomic E-state index is -3.05. The zero-order valence-electron chi connectivity index (χ0n) is 13.6. The predicted octanol–water partition coefficient (Wildman–Crippen LogP) is 1.28. The van der Waals surface area contributed by atoms with Crippen molar-refractivity contribution >= 4 is 26.6 Å². The van der Waals surface area contributed by atoms with E-state index in [9.17, 15) is 13.2 Å². The summed E-state index contributed by atoms with van der Waals surface area (Å²) in [4.78, 5) is 13.1. The van der Waals surface area contributed by atoms with Crippen molar-refractivity contribution in [2.75, 3.05) is 25.6 Å². The maximum Gasteiger partial charge on any atom is 0.270 e. The van der Waals surface area contributed by atoms with Gasteiger partial charge in [0.2, 0.25) is 0 Å². The molecule has 1 aromatic carbocycles. The van der Waals surface area contributed by atoms with Crippen LogP contribution in [-0.4, -0.2) is 60.6 Å². The Labute approximate surface area is 136 Å². The van der Waals surface area contributed by atoms with Crippen LogP contribution in [0.3, 0.4) is 0 Å². The van der Waals surface area contributed by atoms with E-state index < -0.39 is 9.84 Å². The van der Waals surface area contributed by atoms with E-state index in [0.717, 1.165) is 10.9 Å². The largest absolute Gasteiger partial charge is 0.350 e. The normalized spacial score (nSPS) is 20.3. The summed E-state index contributed by atoms with van der Waals surface area (Å²) in [5.41, 5.74) is 1.58. The molecular formula is C16H21N3O3S. The Morgan fingerprint density at radius 3 is 2.57 bits per heavy atom. The lowest BCUT2D eigenvalue weighted by Crippen LogP contribution is -2.49. The molecule has 2 aromatic rings. The van der Waals surface area contributed by atoms with Gasteiger partial charge in [-0.15, -0.1) is 0 Å². The number of amides is 1. The topological polar surface area (TPSA) is 62.6 Å². The van der Waals surface area contributed by atoms with Crippen molar-refractivity contribution in [1.29, 1.82) is 0 Å². The Bertz CT molecular complexity index is 855. The van der Waals surface area contributed by atoms with E-state index in [4.69, 9.17) is 0 Å². The number of rotatable bonds is 3. The Morgan fingerprint density at radius 1 is 1.26 bits per heavy atom. The third-order valence-electron chi connectivity index (χ3n) is 4.32. The number of hydrogen-bond acceptors (Lipinski definition) is 4. The molecule has 0 spiro atoms. The number of hydrazine groups is 1. The van der Waals surface area contributed by atoms with Crippen molar-refractivity contribution in [2.24, 2.45) is 7.05 Å². The van der Waals surface area contributed by atoms with Crippen LogP contribution < -0.4 is 0 Å². The van der Waals surface area contributed by atoms with Crippen molar-refractivity contribution in [3.8, 4) is 0 Å². The second-order valence-corrected chi connectivity index (χ2v) is 8.45. The highest BCUT2D eigenvalue weighted by atomic mass is 32.2. The molecule has 2 heterocycles. The molecule has 1 aromatic heterocycles. The molecule has 6 nitrogen and oxygen atoms in total. The molecule has 3 rings (SSSR count). The third-order valence-corrected chi connectivity index (χ3v) is 6.07. The highest BCUT2D eigenvalue weighted by molar-refractivity contribution is 7.91. The van der Waals surface area contributed by atoms with Gasteiger partial charge in [-0.25, -0.2) is 13.4 Å². The molecule has 1 aliphatic rings. The maximum absolute atomic E-state index is 13.1. The fourth-order valence-corrected chi connectivity index (χ4v) is 4.97. The monoisotopic (exact) mass is 335 g/mol. The van der Waals surface area contributed by atoms with Crippen LogP contribution in [0.4, 0.5) is 0 Å². The Morgan fingerprint density at radius 2 is 1.96 bits per heavy atom. The number of carbonyl (C=O) groups excluding carboxylic acids is 1. The smallest absolute Gasteiger partial charge is 0.270 e. The van der Waals surface area contributed by atoms with Crippen LogP contribution in [0.15, 0.2) is 30.5 Å². The quantitative estimate of drug-likeness (QED) is 0.793. The number of para-hydroxylation sites is 1. The van der Waals surface area contributed by atoms with Gasteiger partial charge in [-0.2, -0.15) is 0 Å². The lowest BCUT2D eigenvalue weighted by molar-refractivity contribution is 0.00118. The summed E-state index contributed by atoms with van der Waals surface area (Å²) < 4.78 is 25.5. The van der Waals surface area contributed by atoms with Gasteiger partial charge in [-0.1, -0.05) is 18.2 Å². The first-order chi connectivity index (χ1) is 10.8. The van der Waals surface area contributed by atoms with E-state index >= 15 is 0 Å². The minimum Gasteiger partial charge on any atom is -0.350 e. The van der Waals surface area contributed by atoms with Crippen LogP contribution in [0.5, 0.6) is 0 Å². The summed E-state index contributed by atoms with van der Waals surface area (Å²) in [6.07, 6.45) is 2.30. The van der Waals surface area contributed by atoms with E-state index in [1.807, 2.05) is 42.1 Å². The zero-order chi connectivity index (χ0) is 16.8. The molecule has 1 amide bonds. The summed E-state index contributed by atoms with van der Waals surface area (Å²) in [5.74, 6) is 0.0147. The average Bonchev–Trinajstić information content (AvgIpc) is 3.00. The van der Waals surface area contributed by atoms with E-state index in [-0.39, 0.29) is 23.5 Å². The molecule has 0 bridgehead atoms. The van der Waals surface area contributed by atoms with Gasteiger partial charge in [0.15, 0.2) is 9.84 Å². The lowest BCUT2D eigenvalue weighted by Gasteiger charge is -2.33. The molecule has 0 saturated carbocycles. The summed E-state index contributed by atoms with van der Waals surface area (Å²) in [7, 11) is 2.39. The number of sulfone groups is 1. The van der Waals surface area contributed by atoms with Crippen molar-refractivity contribution in [2.45, 2.75) is 12.5 Å². The van der Waals surface area contributed by atoms with E-state index in [1.165, 1.54) is 0 Å². The molecule has 7 heteroatoms. The fourth-order valence-electron chi connectivity index (χ4n) is 3.28. The van der Waals surface area contributed by atoms with E-state index in [2.05, 4.69) is 0 Å². The lowest BCUT2D eigenvalue weighted by atomic mass is 10.1. The molecule has 0 aliphatic carbocycles. The summed E-state index contributed by atoms with van der Waals surface area (Å²) in [6, 6.07) is 7.41. The van der Waals surface area contributed by atoms with Gasteiger partial charge < -0.3 is 4.57 Å². The van der Waals surface area contributed by atoms with Gasteiger partial charge in [0, 0.05) is 38.2 Å². The van der Waals surface area contributed by atoms with Gasteiger partial charge in [0.1, 0.15) is 0 Å². The summed E-state index contributed by atoms with van der Waals surface area (Å²) in [5, 5.41) is 4.15. The van der Waals surface area contributed by atoms with Gasteiger partial charge in [0.25, 0.3) is 5.91 Å². The van der Waals surface area contributed by atoms with Crippen molar-refractivity contribution in [1.82, 2.24) is 14.6 Å². The third kappa shape index (κ3) is 2.86. The van der Waals surface area contributed by atoms with Gasteiger partial charge in [-0.3, -0.25) is 9.80 Å². The number of aryl methyl sites for hydroxylation is 1. The molecule has 1 fully saturated rings. The molecule has 0 N–H and O–H groups in total. The van der Waals surface area contributed by atoms with Crippen LogP contribution in [0.2, 0.25) is 0 Å². The van der Waals surface area contributed by atoms with Gasteiger partial charge in [-0.05, 0) is 12.5 Å². The van der Waals surface area contributed by atoms with Crippen LogP contribution in [-0.2, 0) is 16.9 Å². The first-order valence-electron chi connectivity index (χ1n) is 7.55. The molecule has 23 heavy (non-hydrogen) atoms. The number of hydrogen-bond donors (Lipinski definition) is 0. The fraction of sp³-hybridized carbons (Fsp3) is 0.438. The number of aromatic nitrogens is 1. The average molecular weight is 335 g/mol. The number of nitrogens with zero attached hydrogens (tertiary/aromatic N) is 3. The standard InChI is InChI=1S/C16H21N3O3S/c1-17(2)19(12-8-9-23(21,22)11-12)16(20)14-10-18(3)15-7-5-4-6-13(14)15/h4-7,10,12H,8-9,11H2,1-3H3. The van der Waals surface area contributed by atoms with Crippen LogP contribution in [0, 0.1) is 0 Å². The molecule has 124 valence electrons. The first kappa shape index (κ1) is 16.0. The van der Waals surface area contributed by atoms with Gasteiger partial charge >= 0.3 is 0 Å². The molecule has 0 radical (unpaired) electrons. The molecule has 1 aliphatic heterocycles. The minimum absolute atomic E-state index is 0.0295. The number of benzene rings is 1. The molecular weight excluding hydrogens is 314 g/mol. The van der Waals surface area contributed by atoms with E-state index in [1.54, 1.807) is 24.1 Å². The van der Waals surface area contributed by atoms with Crippen molar-refractivity contribution in [3.63, 3.8) is 0 Å². The second-order valence-electron chi connectivity index (χ2n) is 6.22. The van der Waals surface area contributed by atoms with Crippen molar-refractivity contribution in [3.05, 3.63) is 36.0 Å². The second kappa shape index (κ2) is 5.65. The van der Waals surface area contributed by atoms with E-state index in [0.29, 0.717) is 12.0 Å². The van der Waals surface area contributed by atoms with Crippen LogP contribution in [0.1, 0.15) is 16.8 Å². The highest BCUT2D eigenvalue weighted by Crippen LogP contribution is 2.25. The van der Waals surface area contributed by atoms with Gasteiger partial charge in [0.05, 0.1) is 23.1 Å². The number of fused-ring (bicyclic) bond motifs is 1. The summed E-state index contributed by atoms with van der Waals surface area (Å²) >= 11 is 0. The highest BCUT2D eigenvalue weighted by Gasteiger charge is 2.37. The van der Waals surface area contributed by atoms with Crippen LogP contribution in [0.25, 0.3) is 10.9 Å². The zero-order valence-corrected chi connectivity index (χ0v) is 14.4. The Kier molecular flexibility index (Phi) is 3.93. The maximum atomic E-state index is 13.1. The molecule has 1 unspecified atom stereocenters. The molecule has 1 saturated heterocycles. The van der Waals surface area contributed by atoms with Crippen LogP contribution >= 0.6 is 0 Å². The van der Waals surface area contributed by atoms with Crippen molar-refractivity contribution < 1.29 is 13.2 Å². The first-order valence-corrected chi connectivity index (χ1v) is 9.37. The number of carbonyl (C=O) groups is 1. The SMILES string of the molecule is CN(C)N(C(=O)c1cn(C)c2ccccc12)C1CCS(=O)(=O)C1.